The number of hydrogen-bond acceptors (Lipinski definition) is 2. The van der Waals surface area contributed by atoms with E-state index in [-0.39, 0.29) is 11.9 Å². The zero-order valence-corrected chi connectivity index (χ0v) is 11.6. The number of carbonyl (C=O) groups excluding carboxylic acids is 1. The number of nitrogens with zero attached hydrogens (tertiary/aromatic N) is 2. The topological polar surface area (TPSA) is 46.9 Å². The molecule has 3 rings (SSSR count). The SMILES string of the molecule is Cc1cccnc1[C@H](NC(=O)Cn1cccc1)C1CC1. The number of carbonyl (C=O) groups is 1. The Labute approximate surface area is 118 Å². The molecule has 0 spiro atoms. The lowest BCUT2D eigenvalue weighted by Gasteiger charge is -2.19. The van der Waals surface area contributed by atoms with E-state index in [1.165, 1.54) is 12.8 Å². The summed E-state index contributed by atoms with van der Waals surface area (Å²) in [6.45, 7) is 2.41. The molecule has 0 aromatic carbocycles. The molecule has 104 valence electrons. The summed E-state index contributed by atoms with van der Waals surface area (Å²) in [6.07, 6.45) is 7.94. The lowest BCUT2D eigenvalue weighted by molar-refractivity contribution is -0.122. The van der Waals surface area contributed by atoms with Crippen molar-refractivity contribution in [3.63, 3.8) is 0 Å². The largest absolute Gasteiger partial charge is 0.346 e. The molecule has 4 heteroatoms. The number of nitrogens with one attached hydrogen (secondary N) is 1. The highest BCUT2D eigenvalue weighted by molar-refractivity contribution is 5.76. The van der Waals surface area contributed by atoms with Gasteiger partial charge >= 0.3 is 0 Å². The van der Waals surface area contributed by atoms with Crippen LogP contribution >= 0.6 is 0 Å². The van der Waals surface area contributed by atoms with Crippen molar-refractivity contribution in [2.24, 2.45) is 5.92 Å². The fourth-order valence-corrected chi connectivity index (χ4v) is 2.52. The van der Waals surface area contributed by atoms with Crippen molar-refractivity contribution in [3.05, 3.63) is 54.1 Å². The van der Waals surface area contributed by atoms with Gasteiger partial charge in [0.2, 0.25) is 5.91 Å². The molecule has 2 heterocycles. The normalized spacial score (nSPS) is 15.8. The molecule has 1 aliphatic carbocycles. The number of pyridine rings is 1. The quantitative estimate of drug-likeness (QED) is 0.906. The maximum atomic E-state index is 12.2. The van der Waals surface area contributed by atoms with Gasteiger partial charge in [-0.05, 0) is 49.4 Å². The first-order chi connectivity index (χ1) is 9.74. The standard InChI is InChI=1S/C16H19N3O/c1-12-5-4-8-17-15(12)16(13-6-7-13)18-14(20)11-19-9-2-3-10-19/h2-5,8-10,13,16H,6-7,11H2,1H3,(H,18,20)/t16-/m1/s1. The third-order valence-electron chi connectivity index (χ3n) is 3.75. The Hall–Kier alpha value is -2.10. The van der Waals surface area contributed by atoms with Crippen LogP contribution in [0.2, 0.25) is 0 Å². The van der Waals surface area contributed by atoms with Crippen molar-refractivity contribution in [3.8, 4) is 0 Å². The van der Waals surface area contributed by atoms with Gasteiger partial charge in [0, 0.05) is 18.6 Å². The molecule has 1 atom stereocenters. The minimum atomic E-state index is 0.0446. The molecule has 0 unspecified atom stereocenters. The van der Waals surface area contributed by atoms with E-state index in [9.17, 15) is 4.79 Å². The highest BCUT2D eigenvalue weighted by Gasteiger charge is 2.34. The van der Waals surface area contributed by atoms with Gasteiger partial charge in [-0.2, -0.15) is 0 Å². The molecule has 1 saturated carbocycles. The van der Waals surface area contributed by atoms with Crippen LogP contribution in [0.15, 0.2) is 42.9 Å². The minimum absolute atomic E-state index is 0.0446. The minimum Gasteiger partial charge on any atom is -0.346 e. The molecule has 0 saturated heterocycles. The van der Waals surface area contributed by atoms with Crippen LogP contribution in [0.25, 0.3) is 0 Å². The summed E-state index contributed by atoms with van der Waals surface area (Å²) in [7, 11) is 0. The summed E-state index contributed by atoms with van der Waals surface area (Å²) in [5.41, 5.74) is 2.15. The van der Waals surface area contributed by atoms with Crippen LogP contribution in [-0.4, -0.2) is 15.5 Å². The zero-order chi connectivity index (χ0) is 13.9. The second kappa shape index (κ2) is 5.49. The van der Waals surface area contributed by atoms with Gasteiger partial charge < -0.3 is 9.88 Å². The molecular weight excluding hydrogens is 250 g/mol. The average molecular weight is 269 g/mol. The molecule has 4 nitrogen and oxygen atoms in total. The predicted molar refractivity (Wildman–Crippen MR) is 77.0 cm³/mol. The summed E-state index contributed by atoms with van der Waals surface area (Å²) in [6, 6.07) is 7.89. The van der Waals surface area contributed by atoms with Crippen LogP contribution in [0.5, 0.6) is 0 Å². The van der Waals surface area contributed by atoms with Crippen LogP contribution in [0, 0.1) is 12.8 Å². The monoisotopic (exact) mass is 269 g/mol. The number of hydrogen-bond donors (Lipinski definition) is 1. The Morgan fingerprint density at radius 3 is 2.80 bits per heavy atom. The predicted octanol–water partition coefficient (Wildman–Crippen LogP) is 2.46. The zero-order valence-electron chi connectivity index (χ0n) is 11.6. The van der Waals surface area contributed by atoms with Crippen molar-refractivity contribution in [2.75, 3.05) is 0 Å². The molecule has 1 amide bonds. The first kappa shape index (κ1) is 12.9. The second-order valence-corrected chi connectivity index (χ2v) is 5.44. The Morgan fingerprint density at radius 1 is 1.40 bits per heavy atom. The van der Waals surface area contributed by atoms with Crippen LogP contribution < -0.4 is 5.32 Å². The van der Waals surface area contributed by atoms with Crippen LogP contribution in [0.4, 0.5) is 0 Å². The van der Waals surface area contributed by atoms with Gasteiger partial charge in [-0.1, -0.05) is 6.07 Å². The summed E-state index contributed by atoms with van der Waals surface area (Å²) >= 11 is 0. The van der Waals surface area contributed by atoms with Crippen molar-refractivity contribution in [1.29, 1.82) is 0 Å². The molecule has 0 radical (unpaired) electrons. The Morgan fingerprint density at radius 2 is 2.15 bits per heavy atom. The van der Waals surface area contributed by atoms with Crippen molar-refractivity contribution in [2.45, 2.75) is 32.4 Å². The Balaban J connectivity index is 1.72. The highest BCUT2D eigenvalue weighted by Crippen LogP contribution is 2.41. The van der Waals surface area contributed by atoms with E-state index in [1.54, 1.807) is 6.20 Å². The van der Waals surface area contributed by atoms with E-state index in [1.807, 2.05) is 35.2 Å². The van der Waals surface area contributed by atoms with Gasteiger partial charge in [0.15, 0.2) is 0 Å². The van der Waals surface area contributed by atoms with E-state index in [2.05, 4.69) is 23.3 Å². The fourth-order valence-electron chi connectivity index (χ4n) is 2.52. The lowest BCUT2D eigenvalue weighted by Crippen LogP contribution is -2.33. The van der Waals surface area contributed by atoms with Crippen molar-refractivity contribution >= 4 is 5.91 Å². The van der Waals surface area contributed by atoms with Gasteiger partial charge in [-0.25, -0.2) is 0 Å². The van der Waals surface area contributed by atoms with E-state index >= 15 is 0 Å². The van der Waals surface area contributed by atoms with Gasteiger partial charge in [0.25, 0.3) is 0 Å². The Bertz CT molecular complexity index is 588. The summed E-state index contributed by atoms with van der Waals surface area (Å²) in [5.74, 6) is 0.584. The fraction of sp³-hybridized carbons (Fsp3) is 0.375. The maximum absolute atomic E-state index is 12.2. The molecular formula is C16H19N3O. The van der Waals surface area contributed by atoms with Gasteiger partial charge in [0.1, 0.15) is 6.54 Å². The molecule has 1 aliphatic rings. The highest BCUT2D eigenvalue weighted by atomic mass is 16.2. The summed E-state index contributed by atoms with van der Waals surface area (Å²) in [4.78, 5) is 16.6. The summed E-state index contributed by atoms with van der Waals surface area (Å²) < 4.78 is 1.88. The molecule has 2 aromatic rings. The molecule has 20 heavy (non-hydrogen) atoms. The third-order valence-corrected chi connectivity index (χ3v) is 3.75. The van der Waals surface area contributed by atoms with E-state index in [0.717, 1.165) is 11.3 Å². The van der Waals surface area contributed by atoms with Crippen molar-refractivity contribution < 1.29 is 4.79 Å². The molecule has 0 aliphatic heterocycles. The van der Waals surface area contributed by atoms with Crippen molar-refractivity contribution in [1.82, 2.24) is 14.9 Å². The first-order valence-electron chi connectivity index (χ1n) is 7.05. The Kier molecular flexibility index (Phi) is 3.54. The van der Waals surface area contributed by atoms with E-state index in [0.29, 0.717) is 12.5 Å². The maximum Gasteiger partial charge on any atom is 0.240 e. The second-order valence-electron chi connectivity index (χ2n) is 5.44. The van der Waals surface area contributed by atoms with Gasteiger partial charge in [-0.3, -0.25) is 9.78 Å². The van der Waals surface area contributed by atoms with Crippen LogP contribution in [0.1, 0.15) is 30.1 Å². The van der Waals surface area contributed by atoms with Gasteiger partial charge in [-0.15, -0.1) is 0 Å². The number of amides is 1. The molecule has 0 bridgehead atoms. The molecule has 1 fully saturated rings. The number of aryl methyl sites for hydroxylation is 1. The van der Waals surface area contributed by atoms with Crippen LogP contribution in [-0.2, 0) is 11.3 Å². The van der Waals surface area contributed by atoms with Gasteiger partial charge in [0.05, 0.1) is 11.7 Å². The molecule has 1 N–H and O–H groups in total. The summed E-state index contributed by atoms with van der Waals surface area (Å²) in [5, 5.41) is 3.15. The number of rotatable bonds is 5. The first-order valence-corrected chi connectivity index (χ1v) is 7.05. The van der Waals surface area contributed by atoms with Crippen LogP contribution in [0.3, 0.4) is 0 Å². The number of aromatic nitrogens is 2. The lowest BCUT2D eigenvalue weighted by atomic mass is 10.0. The molecule has 2 aromatic heterocycles. The van der Waals surface area contributed by atoms with E-state index in [4.69, 9.17) is 0 Å². The van der Waals surface area contributed by atoms with E-state index < -0.39 is 0 Å². The average Bonchev–Trinajstić information content (AvgIpc) is 3.15. The smallest absolute Gasteiger partial charge is 0.240 e. The third kappa shape index (κ3) is 2.90.